The molecular weight excluding hydrogens is 464 g/mol. The number of phenols is 1. The van der Waals surface area contributed by atoms with Gasteiger partial charge < -0.3 is 25.5 Å². The molecule has 3 N–H and O–H groups in total. The number of aryl methyl sites for hydroxylation is 1. The first kappa shape index (κ1) is 26.1. The number of amides is 2. The lowest BCUT2D eigenvalue weighted by Crippen LogP contribution is -2.28. The van der Waals surface area contributed by atoms with Crippen LogP contribution in [0.15, 0.2) is 66.7 Å². The van der Waals surface area contributed by atoms with Crippen LogP contribution in [0.3, 0.4) is 0 Å². The zero-order chi connectivity index (χ0) is 24.1. The third kappa shape index (κ3) is 6.53. The van der Waals surface area contributed by atoms with Crippen LogP contribution in [0, 0.1) is 6.92 Å². The molecule has 8 heteroatoms. The standard InChI is InChI=1S/C27H30N4O3.ClH/c1-19-7-9-20(10-8-19)27(34)29-25-23(5-3-6-24(25)32)28-26(33)21-11-13-22(14-12-21)31-16-4-15-30(2)17-18-31;/h3,5-14,32H,4,15-18H2,1-2H3,(H,28,33)(H,29,34);1H. The van der Waals surface area contributed by atoms with E-state index in [-0.39, 0.29) is 35.7 Å². The van der Waals surface area contributed by atoms with Crippen molar-refractivity contribution < 1.29 is 14.7 Å². The van der Waals surface area contributed by atoms with E-state index in [0.29, 0.717) is 16.8 Å². The number of rotatable bonds is 5. The van der Waals surface area contributed by atoms with Crippen LogP contribution in [0.25, 0.3) is 0 Å². The van der Waals surface area contributed by atoms with E-state index in [0.717, 1.165) is 43.9 Å². The number of para-hydroxylation sites is 1. The van der Waals surface area contributed by atoms with Crippen molar-refractivity contribution in [2.75, 3.05) is 48.8 Å². The maximum atomic E-state index is 12.9. The van der Waals surface area contributed by atoms with Gasteiger partial charge in [-0.05, 0) is 75.5 Å². The normalized spacial score (nSPS) is 13.9. The molecular formula is C27H31ClN4O3. The zero-order valence-electron chi connectivity index (χ0n) is 20.0. The molecule has 0 atom stereocenters. The lowest BCUT2D eigenvalue weighted by molar-refractivity contribution is 0.101. The van der Waals surface area contributed by atoms with Gasteiger partial charge in [0.2, 0.25) is 0 Å². The van der Waals surface area contributed by atoms with Crippen LogP contribution in [-0.2, 0) is 0 Å². The number of carbonyl (C=O) groups is 2. The molecule has 1 heterocycles. The van der Waals surface area contributed by atoms with E-state index in [1.54, 1.807) is 36.4 Å². The summed E-state index contributed by atoms with van der Waals surface area (Å²) in [7, 11) is 2.13. The van der Waals surface area contributed by atoms with Crippen LogP contribution >= 0.6 is 12.4 Å². The second kappa shape index (κ2) is 11.7. The van der Waals surface area contributed by atoms with E-state index in [1.807, 2.05) is 31.2 Å². The quantitative estimate of drug-likeness (QED) is 0.445. The van der Waals surface area contributed by atoms with E-state index in [4.69, 9.17) is 0 Å². The molecule has 0 aliphatic carbocycles. The summed E-state index contributed by atoms with van der Waals surface area (Å²) in [6.07, 6.45) is 1.10. The Hall–Kier alpha value is -3.55. The first-order valence-electron chi connectivity index (χ1n) is 11.5. The SMILES string of the molecule is Cc1ccc(C(=O)Nc2c(O)cccc2NC(=O)c2ccc(N3CCCN(C)CC3)cc2)cc1.Cl. The Balaban J connectivity index is 0.00000342. The topological polar surface area (TPSA) is 84.9 Å². The van der Waals surface area contributed by atoms with Crippen molar-refractivity contribution in [3.05, 3.63) is 83.4 Å². The van der Waals surface area contributed by atoms with Gasteiger partial charge in [-0.3, -0.25) is 9.59 Å². The Morgan fingerprint density at radius 3 is 2.11 bits per heavy atom. The molecule has 184 valence electrons. The number of anilines is 3. The number of benzene rings is 3. The number of likely N-dealkylation sites (N-methyl/N-ethyl adjacent to an activating group) is 1. The predicted octanol–water partition coefficient (Wildman–Crippen LogP) is 4.77. The van der Waals surface area contributed by atoms with Gasteiger partial charge in [0.25, 0.3) is 11.8 Å². The van der Waals surface area contributed by atoms with Gasteiger partial charge in [0.15, 0.2) is 0 Å². The smallest absolute Gasteiger partial charge is 0.255 e. The summed E-state index contributed by atoms with van der Waals surface area (Å²) in [6, 6.07) is 19.4. The maximum absolute atomic E-state index is 12.9. The van der Waals surface area contributed by atoms with E-state index in [1.165, 1.54) is 6.07 Å². The van der Waals surface area contributed by atoms with Crippen molar-refractivity contribution in [1.82, 2.24) is 4.90 Å². The zero-order valence-corrected chi connectivity index (χ0v) is 20.8. The number of hydrogen-bond donors (Lipinski definition) is 3. The second-order valence-electron chi connectivity index (χ2n) is 8.66. The fourth-order valence-corrected chi connectivity index (χ4v) is 3.99. The molecule has 2 amide bonds. The number of aromatic hydroxyl groups is 1. The van der Waals surface area contributed by atoms with Crippen LogP contribution in [0.1, 0.15) is 32.7 Å². The molecule has 0 aromatic heterocycles. The van der Waals surface area contributed by atoms with Gasteiger partial charge >= 0.3 is 0 Å². The summed E-state index contributed by atoms with van der Waals surface area (Å²) < 4.78 is 0. The minimum atomic E-state index is -0.371. The molecule has 4 rings (SSSR count). The largest absolute Gasteiger partial charge is 0.506 e. The fraction of sp³-hybridized carbons (Fsp3) is 0.259. The average molecular weight is 495 g/mol. The van der Waals surface area contributed by atoms with Crippen molar-refractivity contribution >= 4 is 41.3 Å². The number of carbonyl (C=O) groups excluding carboxylic acids is 2. The lowest BCUT2D eigenvalue weighted by Gasteiger charge is -2.23. The number of phenolic OH excluding ortho intramolecular Hbond substituents is 1. The molecule has 0 unspecified atom stereocenters. The Morgan fingerprint density at radius 1 is 0.800 bits per heavy atom. The molecule has 1 fully saturated rings. The first-order chi connectivity index (χ1) is 16.4. The number of hydrogen-bond acceptors (Lipinski definition) is 5. The number of nitrogens with zero attached hydrogens (tertiary/aromatic N) is 2. The Bertz CT molecular complexity index is 1170. The minimum absolute atomic E-state index is 0. The highest BCUT2D eigenvalue weighted by molar-refractivity contribution is 6.11. The maximum Gasteiger partial charge on any atom is 0.255 e. The highest BCUT2D eigenvalue weighted by Crippen LogP contribution is 2.32. The molecule has 1 aliphatic rings. The van der Waals surface area contributed by atoms with Crippen LogP contribution in [0.4, 0.5) is 17.1 Å². The third-order valence-corrected chi connectivity index (χ3v) is 6.06. The van der Waals surface area contributed by atoms with Crippen molar-refractivity contribution in [3.8, 4) is 5.75 Å². The summed E-state index contributed by atoms with van der Waals surface area (Å²) in [5.41, 5.74) is 3.57. The number of halogens is 1. The molecule has 35 heavy (non-hydrogen) atoms. The molecule has 0 spiro atoms. The van der Waals surface area contributed by atoms with E-state index < -0.39 is 0 Å². The fourth-order valence-electron chi connectivity index (χ4n) is 3.99. The molecule has 3 aromatic carbocycles. The Labute approximate surface area is 212 Å². The highest BCUT2D eigenvalue weighted by Gasteiger charge is 2.17. The minimum Gasteiger partial charge on any atom is -0.506 e. The Kier molecular flexibility index (Phi) is 8.73. The summed E-state index contributed by atoms with van der Waals surface area (Å²) in [5.74, 6) is -0.817. The highest BCUT2D eigenvalue weighted by atomic mass is 35.5. The average Bonchev–Trinajstić information content (AvgIpc) is 3.06. The molecule has 7 nitrogen and oxygen atoms in total. The van der Waals surface area contributed by atoms with Crippen molar-refractivity contribution in [2.45, 2.75) is 13.3 Å². The molecule has 3 aromatic rings. The molecule has 1 saturated heterocycles. The second-order valence-corrected chi connectivity index (χ2v) is 8.66. The van der Waals surface area contributed by atoms with Gasteiger partial charge in [0.1, 0.15) is 11.4 Å². The van der Waals surface area contributed by atoms with Gasteiger partial charge in [0, 0.05) is 36.4 Å². The van der Waals surface area contributed by atoms with Gasteiger partial charge in [-0.25, -0.2) is 0 Å². The molecule has 1 aliphatic heterocycles. The van der Waals surface area contributed by atoms with Gasteiger partial charge in [0.05, 0.1) is 5.69 Å². The van der Waals surface area contributed by atoms with Crippen molar-refractivity contribution in [3.63, 3.8) is 0 Å². The monoisotopic (exact) mass is 494 g/mol. The van der Waals surface area contributed by atoms with Gasteiger partial charge in [-0.1, -0.05) is 23.8 Å². The molecule has 0 radical (unpaired) electrons. The summed E-state index contributed by atoms with van der Waals surface area (Å²) in [4.78, 5) is 30.3. The lowest BCUT2D eigenvalue weighted by atomic mass is 10.1. The van der Waals surface area contributed by atoms with Crippen LogP contribution in [-0.4, -0.2) is 55.0 Å². The predicted molar refractivity (Wildman–Crippen MR) is 143 cm³/mol. The van der Waals surface area contributed by atoms with Crippen LogP contribution in [0.2, 0.25) is 0 Å². The van der Waals surface area contributed by atoms with Crippen molar-refractivity contribution in [1.29, 1.82) is 0 Å². The van der Waals surface area contributed by atoms with Gasteiger partial charge in [-0.15, -0.1) is 12.4 Å². The summed E-state index contributed by atoms with van der Waals surface area (Å²) in [5, 5.41) is 15.9. The third-order valence-electron chi connectivity index (χ3n) is 6.06. The number of nitrogens with one attached hydrogen (secondary N) is 2. The van der Waals surface area contributed by atoms with Crippen LogP contribution < -0.4 is 15.5 Å². The van der Waals surface area contributed by atoms with E-state index >= 15 is 0 Å². The first-order valence-corrected chi connectivity index (χ1v) is 11.5. The summed E-state index contributed by atoms with van der Waals surface area (Å²) in [6.45, 7) is 5.98. The molecule has 0 bridgehead atoms. The van der Waals surface area contributed by atoms with Crippen molar-refractivity contribution in [2.24, 2.45) is 0 Å². The summed E-state index contributed by atoms with van der Waals surface area (Å²) >= 11 is 0. The Morgan fingerprint density at radius 2 is 1.43 bits per heavy atom. The molecule has 0 saturated carbocycles. The van der Waals surface area contributed by atoms with Gasteiger partial charge in [-0.2, -0.15) is 0 Å². The van der Waals surface area contributed by atoms with Crippen LogP contribution in [0.5, 0.6) is 5.75 Å². The van der Waals surface area contributed by atoms with E-state index in [9.17, 15) is 14.7 Å². The van der Waals surface area contributed by atoms with E-state index in [2.05, 4.69) is 27.5 Å².